The first-order chi connectivity index (χ1) is 9.70. The molecule has 1 amide bonds. The minimum atomic E-state index is -0.561. The number of hydrogen-bond donors (Lipinski definition) is 1. The van der Waals surface area contributed by atoms with E-state index in [1.165, 1.54) is 18.4 Å². The molecule has 0 radical (unpaired) electrons. The van der Waals surface area contributed by atoms with Crippen molar-refractivity contribution in [1.29, 1.82) is 0 Å². The molecule has 100 valence electrons. The SMILES string of the molecule is COc1ncc(-c2ccncc2)c2sc(C(N)=O)nc12. The maximum atomic E-state index is 11.3. The van der Waals surface area contributed by atoms with Crippen LogP contribution in [0.1, 0.15) is 9.80 Å². The smallest absolute Gasteiger partial charge is 0.277 e. The highest BCUT2D eigenvalue weighted by Crippen LogP contribution is 2.36. The van der Waals surface area contributed by atoms with Gasteiger partial charge >= 0.3 is 0 Å². The summed E-state index contributed by atoms with van der Waals surface area (Å²) >= 11 is 1.23. The summed E-state index contributed by atoms with van der Waals surface area (Å²) in [6.07, 6.45) is 5.09. The van der Waals surface area contributed by atoms with Crippen molar-refractivity contribution in [3.05, 3.63) is 35.7 Å². The number of pyridine rings is 2. The van der Waals surface area contributed by atoms with Gasteiger partial charge in [-0.15, -0.1) is 11.3 Å². The molecule has 3 aromatic heterocycles. The Balaban J connectivity index is 2.31. The molecule has 0 saturated carbocycles. The van der Waals surface area contributed by atoms with Crippen molar-refractivity contribution in [2.24, 2.45) is 5.73 Å². The number of methoxy groups -OCH3 is 1. The summed E-state index contributed by atoms with van der Waals surface area (Å²) in [5.74, 6) is -0.185. The summed E-state index contributed by atoms with van der Waals surface area (Å²) in [5, 5.41) is 0.238. The lowest BCUT2D eigenvalue weighted by molar-refractivity contribution is 0.1000. The minimum absolute atomic E-state index is 0.238. The van der Waals surface area contributed by atoms with Gasteiger partial charge in [-0.3, -0.25) is 9.78 Å². The maximum absolute atomic E-state index is 11.3. The van der Waals surface area contributed by atoms with Crippen molar-refractivity contribution in [2.75, 3.05) is 7.11 Å². The number of thiazole rings is 1. The fourth-order valence-corrected chi connectivity index (χ4v) is 2.82. The van der Waals surface area contributed by atoms with Crippen LogP contribution in [0.2, 0.25) is 0 Å². The molecule has 0 aromatic carbocycles. The number of carbonyl (C=O) groups excluding carboxylic acids is 1. The molecule has 0 bridgehead atoms. The predicted octanol–water partition coefficient (Wildman–Crippen LogP) is 1.86. The van der Waals surface area contributed by atoms with E-state index in [1.807, 2.05) is 12.1 Å². The summed E-state index contributed by atoms with van der Waals surface area (Å²) in [7, 11) is 1.51. The van der Waals surface area contributed by atoms with Gasteiger partial charge in [-0.1, -0.05) is 0 Å². The van der Waals surface area contributed by atoms with Crippen molar-refractivity contribution >= 4 is 27.5 Å². The molecule has 0 aliphatic rings. The lowest BCUT2D eigenvalue weighted by Gasteiger charge is -2.04. The van der Waals surface area contributed by atoms with Crippen LogP contribution in [-0.4, -0.2) is 28.0 Å². The molecule has 0 saturated heterocycles. The van der Waals surface area contributed by atoms with Crippen LogP contribution < -0.4 is 10.5 Å². The van der Waals surface area contributed by atoms with Crippen LogP contribution in [0.4, 0.5) is 0 Å². The molecule has 2 N–H and O–H groups in total. The zero-order chi connectivity index (χ0) is 14.1. The number of ether oxygens (including phenoxy) is 1. The monoisotopic (exact) mass is 286 g/mol. The number of nitrogens with two attached hydrogens (primary N) is 1. The topological polar surface area (TPSA) is 91.0 Å². The first kappa shape index (κ1) is 12.5. The van der Waals surface area contributed by atoms with E-state index < -0.39 is 5.91 Å². The molecule has 0 atom stereocenters. The van der Waals surface area contributed by atoms with Crippen molar-refractivity contribution in [3.63, 3.8) is 0 Å². The van der Waals surface area contributed by atoms with Crippen LogP contribution in [0.25, 0.3) is 21.3 Å². The normalized spacial score (nSPS) is 10.7. The van der Waals surface area contributed by atoms with Gasteiger partial charge in [0.2, 0.25) is 5.88 Å². The van der Waals surface area contributed by atoms with Gasteiger partial charge in [0.1, 0.15) is 5.52 Å². The second-order valence-electron chi connectivity index (χ2n) is 3.98. The predicted molar refractivity (Wildman–Crippen MR) is 75.7 cm³/mol. The van der Waals surface area contributed by atoms with Gasteiger partial charge in [0.15, 0.2) is 5.01 Å². The standard InChI is InChI=1S/C13H10N4O2S/c1-19-12-9-10(20-13(17-9)11(14)18)8(6-16-12)7-2-4-15-5-3-7/h2-6H,1H3,(H2,14,18). The quantitative estimate of drug-likeness (QED) is 0.793. The zero-order valence-electron chi connectivity index (χ0n) is 10.5. The van der Waals surface area contributed by atoms with Crippen molar-refractivity contribution < 1.29 is 9.53 Å². The summed E-state index contributed by atoms with van der Waals surface area (Å²) in [6, 6.07) is 3.74. The fraction of sp³-hybridized carbons (Fsp3) is 0.0769. The van der Waals surface area contributed by atoms with Gasteiger partial charge < -0.3 is 10.5 Å². The Morgan fingerprint density at radius 1 is 1.35 bits per heavy atom. The minimum Gasteiger partial charge on any atom is -0.479 e. The lowest BCUT2D eigenvalue weighted by atomic mass is 10.1. The summed E-state index contributed by atoms with van der Waals surface area (Å²) in [6.45, 7) is 0. The fourth-order valence-electron chi connectivity index (χ4n) is 1.88. The van der Waals surface area contributed by atoms with Gasteiger partial charge in [-0.25, -0.2) is 9.97 Å². The number of rotatable bonds is 3. The number of primary amides is 1. The third-order valence-electron chi connectivity index (χ3n) is 2.78. The molecule has 7 heteroatoms. The van der Waals surface area contributed by atoms with E-state index in [0.29, 0.717) is 11.4 Å². The molecular weight excluding hydrogens is 276 g/mol. The van der Waals surface area contributed by atoms with Crippen LogP contribution in [0.15, 0.2) is 30.7 Å². The van der Waals surface area contributed by atoms with E-state index >= 15 is 0 Å². The molecule has 20 heavy (non-hydrogen) atoms. The number of amides is 1. The van der Waals surface area contributed by atoms with E-state index in [1.54, 1.807) is 18.6 Å². The molecule has 0 fully saturated rings. The van der Waals surface area contributed by atoms with Crippen LogP contribution in [0, 0.1) is 0 Å². The van der Waals surface area contributed by atoms with E-state index in [-0.39, 0.29) is 5.01 Å². The highest BCUT2D eigenvalue weighted by atomic mass is 32.1. The van der Waals surface area contributed by atoms with E-state index in [0.717, 1.165) is 15.8 Å². The van der Waals surface area contributed by atoms with E-state index in [2.05, 4.69) is 15.0 Å². The van der Waals surface area contributed by atoms with Crippen LogP contribution in [-0.2, 0) is 0 Å². The largest absolute Gasteiger partial charge is 0.479 e. The third kappa shape index (κ3) is 1.97. The maximum Gasteiger partial charge on any atom is 0.277 e. The number of hydrogen-bond acceptors (Lipinski definition) is 6. The Morgan fingerprint density at radius 2 is 2.10 bits per heavy atom. The van der Waals surface area contributed by atoms with Crippen LogP contribution >= 0.6 is 11.3 Å². The Kier molecular flexibility index (Phi) is 3.03. The second kappa shape index (κ2) is 4.86. The van der Waals surface area contributed by atoms with Crippen molar-refractivity contribution in [1.82, 2.24) is 15.0 Å². The first-order valence-corrected chi connectivity index (χ1v) is 6.56. The molecule has 3 heterocycles. The average Bonchev–Trinajstić information content (AvgIpc) is 2.92. The van der Waals surface area contributed by atoms with Gasteiger partial charge in [0.05, 0.1) is 11.8 Å². The molecule has 6 nitrogen and oxygen atoms in total. The Hall–Kier alpha value is -2.54. The lowest BCUT2D eigenvalue weighted by Crippen LogP contribution is -2.09. The van der Waals surface area contributed by atoms with E-state index in [9.17, 15) is 4.79 Å². The summed E-state index contributed by atoms with van der Waals surface area (Å²) in [4.78, 5) is 23.7. The Labute approximate surface area is 118 Å². The molecule has 0 spiro atoms. The van der Waals surface area contributed by atoms with Gasteiger partial charge in [0.25, 0.3) is 5.91 Å². The number of aromatic nitrogens is 3. The van der Waals surface area contributed by atoms with Gasteiger partial charge in [0, 0.05) is 24.2 Å². The zero-order valence-corrected chi connectivity index (χ0v) is 11.3. The number of nitrogens with zero attached hydrogens (tertiary/aromatic N) is 3. The van der Waals surface area contributed by atoms with Crippen molar-refractivity contribution in [3.8, 4) is 17.0 Å². The molecule has 0 aliphatic carbocycles. The van der Waals surface area contributed by atoms with Crippen molar-refractivity contribution in [2.45, 2.75) is 0 Å². The van der Waals surface area contributed by atoms with Crippen LogP contribution in [0.3, 0.4) is 0 Å². The Morgan fingerprint density at radius 3 is 2.75 bits per heavy atom. The molecule has 0 unspecified atom stereocenters. The highest BCUT2D eigenvalue weighted by Gasteiger charge is 2.17. The molecule has 3 rings (SSSR count). The number of carbonyl (C=O) groups is 1. The molecule has 0 aliphatic heterocycles. The third-order valence-corrected chi connectivity index (χ3v) is 3.88. The van der Waals surface area contributed by atoms with Gasteiger partial charge in [-0.05, 0) is 17.7 Å². The van der Waals surface area contributed by atoms with E-state index in [4.69, 9.17) is 10.5 Å². The number of fused-ring (bicyclic) bond motifs is 1. The van der Waals surface area contributed by atoms with Gasteiger partial charge in [-0.2, -0.15) is 0 Å². The summed E-state index contributed by atoms with van der Waals surface area (Å²) in [5.41, 5.74) is 7.65. The average molecular weight is 286 g/mol. The summed E-state index contributed by atoms with van der Waals surface area (Å²) < 4.78 is 6.00. The first-order valence-electron chi connectivity index (χ1n) is 5.74. The second-order valence-corrected chi connectivity index (χ2v) is 4.98. The van der Waals surface area contributed by atoms with Crippen LogP contribution in [0.5, 0.6) is 5.88 Å². The highest BCUT2D eigenvalue weighted by molar-refractivity contribution is 7.20. The molecule has 3 aromatic rings. The Bertz CT molecular complexity index is 786. The molecular formula is C13H10N4O2S.